The second-order valence-corrected chi connectivity index (χ2v) is 27.2. The Morgan fingerprint density at radius 1 is 0.620 bits per heavy atom. The van der Waals surface area contributed by atoms with E-state index in [0.717, 1.165) is 32.5 Å². The molecule has 0 fully saturated rings. The van der Waals surface area contributed by atoms with Crippen LogP contribution >= 0.6 is 21.6 Å². The quantitative estimate of drug-likeness (QED) is 0.0117. The van der Waals surface area contributed by atoms with E-state index >= 15 is 0 Å². The van der Waals surface area contributed by atoms with Crippen molar-refractivity contribution in [3.63, 3.8) is 0 Å². The number of amides is 8. The maximum Gasteiger partial charge on any atom is 0.327 e. The average molecular weight is 1520 g/mol. The van der Waals surface area contributed by atoms with Crippen LogP contribution in [-0.2, 0) is 56.1 Å². The molecule has 1 aliphatic rings. The Bertz CT molecular complexity index is 5110. The van der Waals surface area contributed by atoms with Crippen LogP contribution in [0, 0.1) is 5.41 Å². The molecule has 0 bridgehead atoms. The van der Waals surface area contributed by atoms with Crippen molar-refractivity contribution in [2.75, 3.05) is 51.2 Å². The number of nitrogen functional groups attached to an aromatic ring is 1. The Morgan fingerprint density at radius 2 is 1.23 bits per heavy atom. The molecule has 562 valence electrons. The number of carbonyl (C=O) groups excluding carboxylic acids is 8. The molecule has 0 aliphatic carbocycles. The molecule has 0 spiro atoms. The number of fused-ring (bicyclic) bond motifs is 6. The predicted octanol–water partition coefficient (Wildman–Crippen LogP) is 2.79. The lowest BCUT2D eigenvalue weighted by Crippen LogP contribution is -2.58. The first kappa shape index (κ1) is 77.3. The number of aromatic nitrogens is 6. The SMILES string of the molecule is N=C(N)NCCC[C@H](NC(=O)[C@H](CC(=O)O)NC(=O)CC[C@H](NC(=O)c1ccc(NCc2cnc3nc(N)[nH]c(=O)c3n2)cc1)C(=O)O)C(=O)N[C@@H](CC(=O)O)C(=O)N[C@@H](CSSCCC(=O)Nc1ccc2[nH]c(C(=O)Nc3ccc4[nH]c(C(=O)N5CCc6c5cc(O)c5ccccc65)cc4c3)cc2c1)C(=O)O. The number of aromatic hydroxyl groups is 1. The number of hydrogen-bond donors (Lipinski definition) is 20. The van der Waals surface area contributed by atoms with Gasteiger partial charge in [-0.2, -0.15) is 4.98 Å². The summed E-state index contributed by atoms with van der Waals surface area (Å²) in [7, 11) is 2.01. The van der Waals surface area contributed by atoms with E-state index in [4.69, 9.17) is 16.9 Å². The number of carboxylic acid groups (broad SMARTS) is 4. The maximum absolute atomic E-state index is 14.0. The van der Waals surface area contributed by atoms with Gasteiger partial charge >= 0.3 is 23.9 Å². The molecule has 4 aromatic heterocycles. The van der Waals surface area contributed by atoms with Crippen molar-refractivity contribution in [2.24, 2.45) is 5.73 Å². The van der Waals surface area contributed by atoms with Crippen molar-refractivity contribution in [3.8, 4) is 5.75 Å². The van der Waals surface area contributed by atoms with Gasteiger partial charge in [0.05, 0.1) is 37.0 Å². The first-order chi connectivity index (χ1) is 51.6. The minimum Gasteiger partial charge on any atom is -0.507 e. The van der Waals surface area contributed by atoms with Crippen molar-refractivity contribution in [1.29, 1.82) is 5.41 Å². The summed E-state index contributed by atoms with van der Waals surface area (Å²) in [6, 6.07) is 19.1. The van der Waals surface area contributed by atoms with Crippen molar-refractivity contribution in [2.45, 2.75) is 88.1 Å². The van der Waals surface area contributed by atoms with Crippen molar-refractivity contribution < 1.29 is 83.1 Å². The van der Waals surface area contributed by atoms with Gasteiger partial charge in [0.15, 0.2) is 17.1 Å². The maximum atomic E-state index is 14.0. The molecule has 5 atom stereocenters. The largest absolute Gasteiger partial charge is 0.507 e. The number of benzene rings is 5. The number of rotatable bonds is 35. The molecular weight excluding hydrogens is 1450 g/mol. The molecule has 0 unspecified atom stereocenters. The number of H-pyrrole nitrogens is 3. The van der Waals surface area contributed by atoms with E-state index in [1.165, 1.54) is 30.5 Å². The monoisotopic (exact) mass is 1520 g/mol. The molecule has 22 N–H and O–H groups in total. The Morgan fingerprint density at radius 3 is 1.90 bits per heavy atom. The Labute approximate surface area is 617 Å². The van der Waals surface area contributed by atoms with Gasteiger partial charge in [0.2, 0.25) is 35.5 Å². The summed E-state index contributed by atoms with van der Waals surface area (Å²) < 4.78 is 0. The molecule has 0 radical (unpaired) electrons. The number of carbonyl (C=O) groups is 12. The van der Waals surface area contributed by atoms with Gasteiger partial charge in [0.25, 0.3) is 23.3 Å². The van der Waals surface area contributed by atoms with E-state index in [0.29, 0.717) is 74.3 Å². The summed E-state index contributed by atoms with van der Waals surface area (Å²) in [5.74, 6) is -14.0. The predicted molar refractivity (Wildman–Crippen MR) is 397 cm³/mol. The molecule has 39 heteroatoms. The van der Waals surface area contributed by atoms with Gasteiger partial charge in [0.1, 0.15) is 47.3 Å². The zero-order valence-electron chi connectivity index (χ0n) is 56.8. The first-order valence-electron chi connectivity index (χ1n) is 33.1. The topological polar surface area (TPSA) is 596 Å². The third kappa shape index (κ3) is 20.1. The molecule has 5 aromatic carbocycles. The number of carboxylic acids is 4. The molecule has 8 amide bonds. The summed E-state index contributed by atoms with van der Waals surface area (Å²) in [6.07, 6.45) is -1.99. The van der Waals surface area contributed by atoms with Gasteiger partial charge in [-0.1, -0.05) is 45.9 Å². The molecule has 108 heavy (non-hydrogen) atoms. The van der Waals surface area contributed by atoms with Crippen LogP contribution in [0.25, 0.3) is 43.7 Å². The van der Waals surface area contributed by atoms with Crippen LogP contribution in [0.5, 0.6) is 5.75 Å². The second kappa shape index (κ2) is 35.0. The van der Waals surface area contributed by atoms with Gasteiger partial charge in [-0.25, -0.2) is 19.6 Å². The highest BCUT2D eigenvalue weighted by molar-refractivity contribution is 8.76. The van der Waals surface area contributed by atoms with Gasteiger partial charge < -0.3 is 99.7 Å². The molecule has 0 saturated heterocycles. The van der Waals surface area contributed by atoms with Crippen LogP contribution in [0.15, 0.2) is 114 Å². The van der Waals surface area contributed by atoms with Crippen molar-refractivity contribution in [3.05, 3.63) is 148 Å². The number of nitrogens with one attached hydrogen (secondary N) is 13. The molecule has 37 nitrogen and oxygen atoms in total. The number of aromatic amines is 3. The summed E-state index contributed by atoms with van der Waals surface area (Å²) in [5.41, 5.74) is 15.4. The third-order valence-corrected chi connectivity index (χ3v) is 19.3. The first-order valence-corrected chi connectivity index (χ1v) is 35.6. The lowest BCUT2D eigenvalue weighted by Gasteiger charge is -2.25. The van der Waals surface area contributed by atoms with Crippen molar-refractivity contribution in [1.82, 2.24) is 61.8 Å². The number of guanidine groups is 1. The van der Waals surface area contributed by atoms with Gasteiger partial charge in [-0.15, -0.1) is 0 Å². The van der Waals surface area contributed by atoms with Crippen LogP contribution < -0.4 is 69.8 Å². The van der Waals surface area contributed by atoms with Gasteiger partial charge in [-0.3, -0.25) is 63.1 Å². The molecule has 1 aliphatic heterocycles. The highest BCUT2D eigenvalue weighted by atomic mass is 33.1. The van der Waals surface area contributed by atoms with E-state index in [1.54, 1.807) is 59.5 Å². The molecule has 0 saturated carbocycles. The van der Waals surface area contributed by atoms with E-state index < -0.39 is 133 Å². The van der Waals surface area contributed by atoms with Crippen LogP contribution in [0.2, 0.25) is 0 Å². The number of nitrogens with zero attached hydrogens (tertiary/aromatic N) is 4. The van der Waals surface area contributed by atoms with E-state index in [-0.39, 0.29) is 83.9 Å². The minimum absolute atomic E-state index is 0.00250. The van der Waals surface area contributed by atoms with Crippen LogP contribution in [0.1, 0.15) is 87.5 Å². The second-order valence-electron chi connectivity index (χ2n) is 24.6. The number of hydrogen-bond acceptors (Lipinski definition) is 22. The average Bonchev–Trinajstić information content (AvgIpc) is 1.59. The number of nitrogens with two attached hydrogens (primary N) is 2. The van der Waals surface area contributed by atoms with Crippen LogP contribution in [0.3, 0.4) is 0 Å². The summed E-state index contributed by atoms with van der Waals surface area (Å²) in [6.45, 7) is 0.434. The Kier molecular flexibility index (Phi) is 25.0. The lowest BCUT2D eigenvalue weighted by molar-refractivity contribution is -0.143. The summed E-state index contributed by atoms with van der Waals surface area (Å²) in [4.78, 5) is 192. The number of anilines is 5. The van der Waals surface area contributed by atoms with Crippen molar-refractivity contribution >= 4 is 171 Å². The highest BCUT2D eigenvalue weighted by Crippen LogP contribution is 2.40. The normalized spacial score (nSPS) is 13.1. The van der Waals surface area contributed by atoms with E-state index in [2.05, 4.69) is 77.8 Å². The third-order valence-electron chi connectivity index (χ3n) is 16.9. The molecule has 5 heterocycles. The zero-order valence-corrected chi connectivity index (χ0v) is 58.4. The smallest absolute Gasteiger partial charge is 0.327 e. The Balaban J connectivity index is 0.672. The zero-order chi connectivity index (χ0) is 77.5. The fourth-order valence-corrected chi connectivity index (χ4v) is 13.7. The number of aliphatic carboxylic acids is 4. The van der Waals surface area contributed by atoms with Crippen LogP contribution in [0.4, 0.5) is 28.7 Å². The fraction of sp³-hybridized carbons (Fsp3) is 0.261. The highest BCUT2D eigenvalue weighted by Gasteiger charge is 2.35. The van der Waals surface area contributed by atoms with E-state index in [9.17, 15) is 87.9 Å². The van der Waals surface area contributed by atoms with E-state index in [1.807, 2.05) is 24.3 Å². The molecular formula is C69H71N19O18S2. The number of phenols is 1. The number of phenolic OH excluding ortho intramolecular Hbond substituents is 1. The lowest BCUT2D eigenvalue weighted by atomic mass is 10.0. The molecule has 9 aromatic rings. The van der Waals surface area contributed by atoms with Crippen LogP contribution in [-0.4, -0.2) is 187 Å². The molecule has 10 rings (SSSR count). The Hall–Kier alpha value is -13.3. The summed E-state index contributed by atoms with van der Waals surface area (Å²) >= 11 is 0. The van der Waals surface area contributed by atoms with Gasteiger partial charge in [-0.05, 0) is 109 Å². The fourth-order valence-electron chi connectivity index (χ4n) is 11.6. The minimum atomic E-state index is -1.99. The standard InChI is InChI=1S/C69H71N19O18S2/c70-68(71)73-19-3-6-44(82-62(99)47(26-55(92)93)81-53(90)16-15-45(66(103)104)83-59(96)32-7-9-35(10-8-32)74-29-38-30-75-58-57(77-38)64(101)87-69(72)86-58)60(97)84-48(27-56(94)95)63(100)85-50(67(105)106)31-108-107-21-18-54(91)76-36-11-13-42-33(22-36)24-46(79-42)61(98)78-37-12-14-43-34(23-37)25-49(80-43)65(102)88-20-17-40-39-4-1-2-5-41(39)52(89)28-51(40)88/h1-2,4-5,7-14,22-25,28,30,44-45,47-48,50,74,79-80,89H,3,6,15-21,26-27,29,31H2,(H,76,91)(H,78,98)(H,81,90)(H,82,99)(H,83,96)(H,84,97)(H,85,100)(H,92,93)(H,94,95)(H,103,104)(H,105,106)(H4,70,71,73)(H3,72,75,86,87,101)/t44-,45-,47-,48-,50-/m0/s1. The summed E-state index contributed by atoms with van der Waals surface area (Å²) in [5, 5.41) is 82.9. The van der Waals surface area contributed by atoms with Gasteiger partial charge in [0, 0.05) is 93.3 Å².